The van der Waals surface area contributed by atoms with Crippen LogP contribution >= 0.6 is 0 Å². The summed E-state index contributed by atoms with van der Waals surface area (Å²) in [5.41, 5.74) is 7.87. The first kappa shape index (κ1) is 16.8. The molecule has 1 aliphatic heterocycles. The van der Waals surface area contributed by atoms with Crippen LogP contribution in [0.4, 0.5) is 0 Å². The summed E-state index contributed by atoms with van der Waals surface area (Å²) in [6, 6.07) is 13.2. The summed E-state index contributed by atoms with van der Waals surface area (Å²) in [4.78, 5) is 12.3. The number of benzene rings is 2. The van der Waals surface area contributed by atoms with Gasteiger partial charge in [0, 0.05) is 18.4 Å². The Morgan fingerprint density at radius 3 is 2.25 bits per heavy atom. The molecule has 3 rings (SSSR count). The maximum absolute atomic E-state index is 12.3. The zero-order chi connectivity index (χ0) is 17.3. The Kier molecular flexibility index (Phi) is 4.75. The molecule has 126 valence electrons. The van der Waals surface area contributed by atoms with Crippen LogP contribution in [0.3, 0.4) is 0 Å². The zero-order valence-electron chi connectivity index (χ0n) is 15.1. The third-order valence-corrected chi connectivity index (χ3v) is 5.52. The fourth-order valence-electron chi connectivity index (χ4n) is 3.57. The number of nitrogens with one attached hydrogen (secondary N) is 1. The van der Waals surface area contributed by atoms with E-state index in [1.165, 1.54) is 33.4 Å². The van der Waals surface area contributed by atoms with Crippen molar-refractivity contribution in [1.29, 1.82) is 0 Å². The van der Waals surface area contributed by atoms with Crippen molar-refractivity contribution in [1.82, 2.24) is 5.32 Å². The molecule has 1 saturated heterocycles. The molecule has 1 heterocycles. The maximum Gasteiger partial charge on any atom is 0.223 e. The number of carbonyl (C=O) groups excluding carboxylic acids is 1. The van der Waals surface area contributed by atoms with Gasteiger partial charge in [-0.1, -0.05) is 36.4 Å². The van der Waals surface area contributed by atoms with Gasteiger partial charge in [-0.15, -0.1) is 0 Å². The van der Waals surface area contributed by atoms with Crippen molar-refractivity contribution in [2.75, 3.05) is 6.54 Å². The SMILES string of the molecule is Cc1ccc(CC2C[C@@H](c3ccc(C)c(C)c3)CNC2=O)cc1C. The van der Waals surface area contributed by atoms with Crippen LogP contribution < -0.4 is 5.32 Å². The highest BCUT2D eigenvalue weighted by molar-refractivity contribution is 5.80. The van der Waals surface area contributed by atoms with E-state index in [1.54, 1.807) is 0 Å². The molecule has 0 aromatic heterocycles. The van der Waals surface area contributed by atoms with E-state index in [0.29, 0.717) is 5.92 Å². The Labute approximate surface area is 145 Å². The number of hydrogen-bond donors (Lipinski definition) is 1. The summed E-state index contributed by atoms with van der Waals surface area (Å²) >= 11 is 0. The summed E-state index contributed by atoms with van der Waals surface area (Å²) < 4.78 is 0. The average Bonchev–Trinajstić information content (AvgIpc) is 2.56. The van der Waals surface area contributed by atoms with Crippen LogP contribution in [-0.4, -0.2) is 12.5 Å². The molecule has 0 radical (unpaired) electrons. The van der Waals surface area contributed by atoms with E-state index >= 15 is 0 Å². The van der Waals surface area contributed by atoms with Crippen LogP contribution in [-0.2, 0) is 11.2 Å². The molecule has 2 nitrogen and oxygen atoms in total. The topological polar surface area (TPSA) is 29.1 Å². The molecule has 2 atom stereocenters. The second-order valence-corrected chi connectivity index (χ2v) is 7.34. The standard InChI is InChI=1S/C22H27NO/c1-14-5-7-18(9-16(14)3)11-20-12-21(13-23-22(20)24)19-8-6-15(2)17(4)10-19/h5-10,20-21H,11-13H2,1-4H3,(H,23,24)/t20?,21-/m1/s1. The number of hydrogen-bond acceptors (Lipinski definition) is 1. The molecule has 1 fully saturated rings. The lowest BCUT2D eigenvalue weighted by Crippen LogP contribution is -2.41. The predicted molar refractivity (Wildman–Crippen MR) is 99.4 cm³/mol. The van der Waals surface area contributed by atoms with E-state index < -0.39 is 0 Å². The van der Waals surface area contributed by atoms with Crippen molar-refractivity contribution in [3.8, 4) is 0 Å². The molecular formula is C22H27NO. The fourth-order valence-corrected chi connectivity index (χ4v) is 3.57. The van der Waals surface area contributed by atoms with Gasteiger partial charge in [0.05, 0.1) is 0 Å². The van der Waals surface area contributed by atoms with Gasteiger partial charge in [0.2, 0.25) is 5.91 Å². The highest BCUT2D eigenvalue weighted by atomic mass is 16.1. The van der Waals surface area contributed by atoms with E-state index in [0.717, 1.165) is 19.4 Å². The van der Waals surface area contributed by atoms with Crippen molar-refractivity contribution in [3.63, 3.8) is 0 Å². The lowest BCUT2D eigenvalue weighted by molar-refractivity contribution is -0.126. The van der Waals surface area contributed by atoms with Gasteiger partial charge in [0.25, 0.3) is 0 Å². The van der Waals surface area contributed by atoms with Gasteiger partial charge in [-0.05, 0) is 73.9 Å². The highest BCUT2D eigenvalue weighted by Crippen LogP contribution is 2.30. The van der Waals surface area contributed by atoms with Crippen LogP contribution in [0.5, 0.6) is 0 Å². The molecule has 1 amide bonds. The van der Waals surface area contributed by atoms with Crippen molar-refractivity contribution in [2.24, 2.45) is 5.92 Å². The minimum Gasteiger partial charge on any atom is -0.355 e. The van der Waals surface area contributed by atoms with Gasteiger partial charge in [0.15, 0.2) is 0 Å². The number of rotatable bonds is 3. The van der Waals surface area contributed by atoms with Crippen LogP contribution in [0.25, 0.3) is 0 Å². The number of aryl methyl sites for hydroxylation is 4. The summed E-state index contributed by atoms with van der Waals surface area (Å²) in [7, 11) is 0. The van der Waals surface area contributed by atoms with Crippen LogP contribution in [0, 0.1) is 33.6 Å². The Bertz CT molecular complexity index is 763. The quantitative estimate of drug-likeness (QED) is 0.893. The van der Waals surface area contributed by atoms with Gasteiger partial charge in [-0.2, -0.15) is 0 Å². The molecular weight excluding hydrogens is 294 g/mol. The van der Waals surface area contributed by atoms with E-state index in [1.807, 2.05) is 0 Å². The van der Waals surface area contributed by atoms with Crippen molar-refractivity contribution in [2.45, 2.75) is 46.5 Å². The minimum absolute atomic E-state index is 0.0625. The number of amides is 1. The normalized spacial score (nSPS) is 20.8. The zero-order valence-corrected chi connectivity index (χ0v) is 15.1. The third kappa shape index (κ3) is 3.53. The van der Waals surface area contributed by atoms with Gasteiger partial charge in [-0.25, -0.2) is 0 Å². The molecule has 0 saturated carbocycles. The Morgan fingerprint density at radius 1 is 0.917 bits per heavy atom. The molecule has 1 unspecified atom stereocenters. The van der Waals surface area contributed by atoms with Crippen molar-refractivity contribution in [3.05, 3.63) is 69.8 Å². The van der Waals surface area contributed by atoms with E-state index in [2.05, 4.69) is 69.4 Å². The Balaban J connectivity index is 1.76. The number of piperidine rings is 1. The van der Waals surface area contributed by atoms with E-state index in [4.69, 9.17) is 0 Å². The maximum atomic E-state index is 12.3. The monoisotopic (exact) mass is 321 g/mol. The Morgan fingerprint density at radius 2 is 1.58 bits per heavy atom. The summed E-state index contributed by atoms with van der Waals surface area (Å²) in [6.07, 6.45) is 1.76. The molecule has 0 bridgehead atoms. The average molecular weight is 321 g/mol. The molecule has 24 heavy (non-hydrogen) atoms. The molecule has 1 N–H and O–H groups in total. The second-order valence-electron chi connectivity index (χ2n) is 7.34. The molecule has 0 aliphatic carbocycles. The lowest BCUT2D eigenvalue weighted by atomic mass is 9.81. The second kappa shape index (κ2) is 6.80. The van der Waals surface area contributed by atoms with Crippen LogP contribution in [0.2, 0.25) is 0 Å². The lowest BCUT2D eigenvalue weighted by Gasteiger charge is -2.30. The summed E-state index contributed by atoms with van der Waals surface area (Å²) in [6.45, 7) is 9.32. The fraction of sp³-hybridized carbons (Fsp3) is 0.409. The third-order valence-electron chi connectivity index (χ3n) is 5.52. The van der Waals surface area contributed by atoms with Crippen LogP contribution in [0.1, 0.15) is 45.7 Å². The number of carbonyl (C=O) groups is 1. The predicted octanol–water partition coefficient (Wildman–Crippen LogP) is 4.38. The summed E-state index contributed by atoms with van der Waals surface area (Å²) in [5.74, 6) is 0.680. The minimum atomic E-state index is 0.0625. The summed E-state index contributed by atoms with van der Waals surface area (Å²) in [5, 5.41) is 3.12. The first-order chi connectivity index (χ1) is 11.4. The smallest absolute Gasteiger partial charge is 0.223 e. The van der Waals surface area contributed by atoms with Gasteiger partial charge < -0.3 is 5.32 Å². The molecule has 2 aromatic carbocycles. The van der Waals surface area contributed by atoms with Gasteiger partial charge >= 0.3 is 0 Å². The highest BCUT2D eigenvalue weighted by Gasteiger charge is 2.29. The molecule has 1 aliphatic rings. The Hall–Kier alpha value is -2.09. The molecule has 0 spiro atoms. The first-order valence-electron chi connectivity index (χ1n) is 8.85. The largest absolute Gasteiger partial charge is 0.355 e. The van der Waals surface area contributed by atoms with E-state index in [9.17, 15) is 4.79 Å². The first-order valence-corrected chi connectivity index (χ1v) is 8.85. The van der Waals surface area contributed by atoms with Gasteiger partial charge in [-0.3, -0.25) is 4.79 Å². The van der Waals surface area contributed by atoms with Crippen LogP contribution in [0.15, 0.2) is 36.4 Å². The molecule has 2 aromatic rings. The van der Waals surface area contributed by atoms with Crippen molar-refractivity contribution < 1.29 is 4.79 Å². The van der Waals surface area contributed by atoms with Crippen molar-refractivity contribution >= 4 is 5.91 Å². The van der Waals surface area contributed by atoms with Gasteiger partial charge in [0.1, 0.15) is 0 Å². The molecule has 2 heteroatoms. The van der Waals surface area contributed by atoms with E-state index in [-0.39, 0.29) is 11.8 Å².